The first-order chi connectivity index (χ1) is 8.01. The summed E-state index contributed by atoms with van der Waals surface area (Å²) in [6.07, 6.45) is 4.26. The van der Waals surface area contributed by atoms with Gasteiger partial charge in [0.2, 0.25) is 0 Å². The van der Waals surface area contributed by atoms with E-state index >= 15 is 0 Å². The van der Waals surface area contributed by atoms with Crippen molar-refractivity contribution in [3.8, 4) is 17.6 Å². The van der Waals surface area contributed by atoms with E-state index in [9.17, 15) is 8.42 Å². The van der Waals surface area contributed by atoms with Crippen molar-refractivity contribution in [2.24, 2.45) is 0 Å². The fourth-order valence-electron chi connectivity index (χ4n) is 1.01. The van der Waals surface area contributed by atoms with Gasteiger partial charge in [-0.15, -0.1) is 11.6 Å². The van der Waals surface area contributed by atoms with Gasteiger partial charge >= 0.3 is 0 Å². The number of nitrogens with zero attached hydrogens (tertiary/aromatic N) is 1. The van der Waals surface area contributed by atoms with Crippen LogP contribution in [0.3, 0.4) is 0 Å². The minimum atomic E-state index is -3.01. The zero-order valence-corrected chi connectivity index (χ0v) is 10.9. The van der Waals surface area contributed by atoms with Gasteiger partial charge in [0.05, 0.1) is 17.8 Å². The van der Waals surface area contributed by atoms with Crippen molar-refractivity contribution < 1.29 is 13.2 Å². The Morgan fingerprint density at radius 1 is 1.47 bits per heavy atom. The van der Waals surface area contributed by atoms with Crippen molar-refractivity contribution in [2.45, 2.75) is 0 Å². The van der Waals surface area contributed by atoms with Gasteiger partial charge in [0.15, 0.2) is 9.84 Å². The van der Waals surface area contributed by atoms with E-state index in [0.717, 1.165) is 6.26 Å². The van der Waals surface area contributed by atoms with Crippen LogP contribution in [-0.2, 0) is 9.84 Å². The molecule has 92 valence electrons. The molecule has 0 radical (unpaired) electrons. The topological polar surface area (TPSA) is 56.3 Å². The van der Waals surface area contributed by atoms with Gasteiger partial charge in [0, 0.05) is 18.0 Å². The second-order valence-corrected chi connectivity index (χ2v) is 5.85. The molecule has 0 saturated heterocycles. The summed E-state index contributed by atoms with van der Waals surface area (Å²) < 4.78 is 27.1. The van der Waals surface area contributed by atoms with Crippen molar-refractivity contribution in [1.82, 2.24) is 4.98 Å². The predicted molar refractivity (Wildman–Crippen MR) is 67.0 cm³/mol. The number of hydrogen-bond donors (Lipinski definition) is 0. The van der Waals surface area contributed by atoms with E-state index in [0.29, 0.717) is 11.3 Å². The molecule has 0 atom stereocenters. The van der Waals surface area contributed by atoms with Crippen LogP contribution in [0.4, 0.5) is 0 Å². The molecular weight excluding hydrogens is 262 g/mol. The fraction of sp³-hybridized carbons (Fsp3) is 0.364. The van der Waals surface area contributed by atoms with Crippen LogP contribution in [0.15, 0.2) is 18.5 Å². The molecule has 1 heterocycles. The molecule has 0 aliphatic carbocycles. The lowest BCUT2D eigenvalue weighted by atomic mass is 10.3. The number of sulfone groups is 1. The lowest BCUT2D eigenvalue weighted by Crippen LogP contribution is -2.12. The van der Waals surface area contributed by atoms with Crippen LogP contribution in [0, 0.1) is 11.8 Å². The van der Waals surface area contributed by atoms with Gasteiger partial charge in [0.1, 0.15) is 12.4 Å². The van der Waals surface area contributed by atoms with E-state index < -0.39 is 9.84 Å². The standard InChI is InChI=1S/C11H12ClNO3S/c1-17(14,15)6-5-16-11-7-10(3-2-4-12)8-13-9-11/h7-9H,4-6H2,1H3. The van der Waals surface area contributed by atoms with Gasteiger partial charge in [-0.25, -0.2) is 8.42 Å². The molecule has 1 aromatic heterocycles. The number of rotatable bonds is 4. The molecule has 17 heavy (non-hydrogen) atoms. The second kappa shape index (κ2) is 6.48. The average Bonchev–Trinajstić information content (AvgIpc) is 2.25. The van der Waals surface area contributed by atoms with Gasteiger partial charge < -0.3 is 4.74 Å². The lowest BCUT2D eigenvalue weighted by molar-refractivity contribution is 0.339. The van der Waals surface area contributed by atoms with Crippen LogP contribution in [0.5, 0.6) is 5.75 Å². The van der Waals surface area contributed by atoms with Crippen LogP contribution in [-0.4, -0.2) is 37.9 Å². The van der Waals surface area contributed by atoms with Crippen molar-refractivity contribution in [1.29, 1.82) is 0 Å². The third kappa shape index (κ3) is 6.15. The molecule has 0 aliphatic rings. The number of hydrogen-bond acceptors (Lipinski definition) is 4. The maximum Gasteiger partial charge on any atom is 0.150 e. The number of pyridine rings is 1. The third-order valence-corrected chi connectivity index (χ3v) is 2.78. The van der Waals surface area contributed by atoms with Crippen LogP contribution in [0.2, 0.25) is 0 Å². The van der Waals surface area contributed by atoms with Gasteiger partial charge in [0.25, 0.3) is 0 Å². The minimum Gasteiger partial charge on any atom is -0.491 e. The smallest absolute Gasteiger partial charge is 0.150 e. The summed E-state index contributed by atoms with van der Waals surface area (Å²) in [6.45, 7) is 0.104. The molecule has 1 rings (SSSR count). The Morgan fingerprint density at radius 2 is 2.24 bits per heavy atom. The van der Waals surface area contributed by atoms with E-state index in [1.54, 1.807) is 12.3 Å². The zero-order chi connectivity index (χ0) is 12.7. The Morgan fingerprint density at radius 3 is 2.88 bits per heavy atom. The molecule has 0 N–H and O–H groups in total. The molecule has 0 unspecified atom stereocenters. The van der Waals surface area contributed by atoms with E-state index in [1.807, 2.05) is 0 Å². The van der Waals surface area contributed by atoms with Gasteiger partial charge in [-0.2, -0.15) is 0 Å². The summed E-state index contributed by atoms with van der Waals surface area (Å²) in [5, 5.41) is 0. The quantitative estimate of drug-likeness (QED) is 0.609. The van der Waals surface area contributed by atoms with Crippen LogP contribution < -0.4 is 4.74 Å². The first-order valence-corrected chi connectivity index (χ1v) is 7.41. The number of aromatic nitrogens is 1. The summed E-state index contributed by atoms with van der Waals surface area (Å²) >= 11 is 5.43. The molecular formula is C11H12ClNO3S. The fourth-order valence-corrected chi connectivity index (χ4v) is 1.47. The van der Waals surface area contributed by atoms with Gasteiger partial charge in [-0.05, 0) is 6.07 Å². The summed E-state index contributed by atoms with van der Waals surface area (Å²) in [4.78, 5) is 3.93. The highest BCUT2D eigenvalue weighted by atomic mass is 35.5. The molecule has 0 saturated carbocycles. The Bertz CT molecular complexity index is 531. The van der Waals surface area contributed by atoms with Crippen molar-refractivity contribution in [2.75, 3.05) is 24.5 Å². The molecule has 0 amide bonds. The summed E-state index contributed by atoms with van der Waals surface area (Å²) in [5.41, 5.74) is 0.683. The predicted octanol–water partition coefficient (Wildman–Crippen LogP) is 1.10. The largest absolute Gasteiger partial charge is 0.491 e. The lowest BCUT2D eigenvalue weighted by Gasteiger charge is -2.04. The van der Waals surface area contributed by atoms with E-state index in [-0.39, 0.29) is 18.2 Å². The Labute approximate surface area is 106 Å². The Balaban J connectivity index is 2.60. The molecule has 0 aromatic carbocycles. The van der Waals surface area contributed by atoms with Crippen molar-refractivity contribution in [3.63, 3.8) is 0 Å². The van der Waals surface area contributed by atoms with Gasteiger partial charge in [-0.3, -0.25) is 4.98 Å². The SMILES string of the molecule is CS(=O)(=O)CCOc1cncc(C#CCCl)c1. The van der Waals surface area contributed by atoms with Crippen LogP contribution >= 0.6 is 11.6 Å². The maximum atomic E-state index is 10.9. The molecule has 0 aliphatic heterocycles. The Hall–Kier alpha value is -1.25. The molecule has 6 heteroatoms. The monoisotopic (exact) mass is 273 g/mol. The number of halogens is 1. The molecule has 0 bridgehead atoms. The second-order valence-electron chi connectivity index (χ2n) is 3.32. The third-order valence-electron chi connectivity index (χ3n) is 1.74. The highest BCUT2D eigenvalue weighted by Gasteiger charge is 2.02. The average molecular weight is 274 g/mol. The van der Waals surface area contributed by atoms with E-state index in [4.69, 9.17) is 16.3 Å². The summed E-state index contributed by atoms with van der Waals surface area (Å²) in [6, 6.07) is 1.69. The van der Waals surface area contributed by atoms with Gasteiger partial charge in [-0.1, -0.05) is 11.8 Å². The molecule has 0 fully saturated rings. The maximum absolute atomic E-state index is 10.9. The first kappa shape index (κ1) is 13.8. The number of alkyl halides is 1. The molecule has 1 aromatic rings. The van der Waals surface area contributed by atoms with Crippen LogP contribution in [0.1, 0.15) is 5.56 Å². The first-order valence-electron chi connectivity index (χ1n) is 4.81. The highest BCUT2D eigenvalue weighted by molar-refractivity contribution is 7.90. The zero-order valence-electron chi connectivity index (χ0n) is 9.31. The van der Waals surface area contributed by atoms with E-state index in [1.165, 1.54) is 6.20 Å². The van der Waals surface area contributed by atoms with Crippen molar-refractivity contribution >= 4 is 21.4 Å². The summed E-state index contributed by atoms with van der Waals surface area (Å²) in [5.74, 6) is 6.22. The Kier molecular flexibility index (Phi) is 5.26. The molecule has 4 nitrogen and oxygen atoms in total. The molecule has 0 spiro atoms. The normalized spacial score (nSPS) is 10.5. The van der Waals surface area contributed by atoms with Crippen LogP contribution in [0.25, 0.3) is 0 Å². The number of ether oxygens (including phenoxy) is 1. The van der Waals surface area contributed by atoms with E-state index in [2.05, 4.69) is 16.8 Å². The van der Waals surface area contributed by atoms with Crippen molar-refractivity contribution in [3.05, 3.63) is 24.0 Å². The minimum absolute atomic E-state index is 0.0232. The summed E-state index contributed by atoms with van der Waals surface area (Å²) in [7, 11) is -3.01. The highest BCUT2D eigenvalue weighted by Crippen LogP contribution is 2.10.